The van der Waals surface area contributed by atoms with Crippen LogP contribution in [0, 0.1) is 5.41 Å². The normalized spacial score (nSPS) is 16.9. The van der Waals surface area contributed by atoms with Crippen LogP contribution in [0.15, 0.2) is 18.5 Å². The van der Waals surface area contributed by atoms with Crippen molar-refractivity contribution in [2.24, 2.45) is 5.73 Å². The van der Waals surface area contributed by atoms with Gasteiger partial charge in [-0.2, -0.15) is 0 Å². The van der Waals surface area contributed by atoms with Crippen LogP contribution in [0.4, 0.5) is 5.69 Å². The molecule has 0 amide bonds. The smallest absolute Gasteiger partial charge is 0.125 e. The van der Waals surface area contributed by atoms with E-state index < -0.39 is 0 Å². The molecule has 4 nitrogen and oxygen atoms in total. The Hall–Kier alpha value is -1.58. The highest BCUT2D eigenvalue weighted by atomic mass is 15.1. The second-order valence-corrected chi connectivity index (χ2v) is 4.21. The maximum atomic E-state index is 7.57. The van der Waals surface area contributed by atoms with Gasteiger partial charge >= 0.3 is 0 Å². The molecular weight excluding hydrogens is 200 g/mol. The summed E-state index contributed by atoms with van der Waals surface area (Å²) in [5.74, 6) is 0.127. The average molecular weight is 218 g/mol. The molecule has 0 bridgehead atoms. The number of hydrogen-bond acceptors (Lipinski definition) is 3. The fourth-order valence-corrected chi connectivity index (χ4v) is 2.18. The van der Waals surface area contributed by atoms with E-state index in [2.05, 4.69) is 9.88 Å². The van der Waals surface area contributed by atoms with E-state index in [9.17, 15) is 0 Å². The summed E-state index contributed by atoms with van der Waals surface area (Å²) in [5.41, 5.74) is 7.40. The summed E-state index contributed by atoms with van der Waals surface area (Å²) >= 11 is 0. The summed E-state index contributed by atoms with van der Waals surface area (Å²) in [7, 11) is 0. The van der Waals surface area contributed by atoms with Gasteiger partial charge in [0.15, 0.2) is 0 Å². The molecule has 1 fully saturated rings. The quantitative estimate of drug-likeness (QED) is 0.587. The molecule has 4 heteroatoms. The molecule has 0 saturated carbocycles. The lowest BCUT2D eigenvalue weighted by Crippen LogP contribution is -2.27. The van der Waals surface area contributed by atoms with Crippen LogP contribution in [0.5, 0.6) is 0 Å². The lowest BCUT2D eigenvalue weighted by atomic mass is 10.2. The van der Waals surface area contributed by atoms with Crippen molar-refractivity contribution in [3.63, 3.8) is 0 Å². The van der Waals surface area contributed by atoms with E-state index in [0.717, 1.165) is 24.3 Å². The molecule has 3 N–H and O–H groups in total. The maximum Gasteiger partial charge on any atom is 0.125 e. The number of anilines is 1. The van der Waals surface area contributed by atoms with Crippen molar-refractivity contribution in [1.29, 1.82) is 5.41 Å². The largest absolute Gasteiger partial charge is 0.384 e. The SMILES string of the molecule is N=C(N)c1ccncc1N1CCCCCC1. The molecule has 0 atom stereocenters. The number of pyridine rings is 1. The Morgan fingerprint density at radius 2 is 1.94 bits per heavy atom. The van der Waals surface area contributed by atoms with Crippen molar-refractivity contribution in [2.45, 2.75) is 25.7 Å². The van der Waals surface area contributed by atoms with E-state index in [1.165, 1.54) is 25.7 Å². The van der Waals surface area contributed by atoms with E-state index in [-0.39, 0.29) is 5.84 Å². The molecule has 1 aromatic heterocycles. The summed E-state index contributed by atoms with van der Waals surface area (Å²) in [6.07, 6.45) is 8.54. The first-order valence-corrected chi connectivity index (χ1v) is 5.82. The third kappa shape index (κ3) is 2.32. The zero-order valence-corrected chi connectivity index (χ0v) is 9.45. The van der Waals surface area contributed by atoms with Crippen molar-refractivity contribution in [3.05, 3.63) is 24.0 Å². The minimum Gasteiger partial charge on any atom is -0.384 e. The molecule has 2 rings (SSSR count). The molecule has 2 heterocycles. The summed E-state index contributed by atoms with van der Waals surface area (Å²) in [6, 6.07) is 1.82. The molecule has 1 saturated heterocycles. The summed E-state index contributed by atoms with van der Waals surface area (Å²) in [5, 5.41) is 7.57. The highest BCUT2D eigenvalue weighted by molar-refractivity contribution is 6.00. The van der Waals surface area contributed by atoms with Crippen LogP contribution in [0.2, 0.25) is 0 Å². The van der Waals surface area contributed by atoms with E-state index >= 15 is 0 Å². The van der Waals surface area contributed by atoms with E-state index in [4.69, 9.17) is 11.1 Å². The van der Waals surface area contributed by atoms with Gasteiger partial charge in [-0.3, -0.25) is 10.4 Å². The average Bonchev–Trinajstić information content (AvgIpc) is 2.57. The van der Waals surface area contributed by atoms with Crippen LogP contribution in [0.3, 0.4) is 0 Å². The minimum absolute atomic E-state index is 0.127. The number of nitrogens with two attached hydrogens (primary N) is 1. The van der Waals surface area contributed by atoms with Gasteiger partial charge in [0, 0.05) is 24.8 Å². The Morgan fingerprint density at radius 1 is 1.25 bits per heavy atom. The van der Waals surface area contributed by atoms with E-state index in [0.29, 0.717) is 0 Å². The van der Waals surface area contributed by atoms with Crippen molar-refractivity contribution < 1.29 is 0 Å². The van der Waals surface area contributed by atoms with Gasteiger partial charge in [-0.05, 0) is 18.9 Å². The van der Waals surface area contributed by atoms with Crippen LogP contribution < -0.4 is 10.6 Å². The lowest BCUT2D eigenvalue weighted by Gasteiger charge is -2.24. The van der Waals surface area contributed by atoms with Crippen LogP contribution in [-0.4, -0.2) is 23.9 Å². The van der Waals surface area contributed by atoms with Gasteiger partial charge < -0.3 is 10.6 Å². The van der Waals surface area contributed by atoms with Gasteiger partial charge in [0.2, 0.25) is 0 Å². The number of amidine groups is 1. The minimum atomic E-state index is 0.127. The Bertz CT molecular complexity index is 367. The molecule has 0 spiro atoms. The fraction of sp³-hybridized carbons (Fsp3) is 0.500. The Balaban J connectivity index is 2.27. The van der Waals surface area contributed by atoms with Gasteiger partial charge in [-0.25, -0.2) is 0 Å². The zero-order chi connectivity index (χ0) is 11.4. The van der Waals surface area contributed by atoms with Gasteiger partial charge in [-0.1, -0.05) is 12.8 Å². The van der Waals surface area contributed by atoms with Gasteiger partial charge in [0.1, 0.15) is 5.84 Å². The first-order valence-electron chi connectivity index (χ1n) is 5.82. The van der Waals surface area contributed by atoms with Crippen molar-refractivity contribution in [1.82, 2.24) is 4.98 Å². The van der Waals surface area contributed by atoms with Crippen LogP contribution in [0.1, 0.15) is 31.2 Å². The second kappa shape index (κ2) is 4.96. The number of nitrogens with one attached hydrogen (secondary N) is 1. The van der Waals surface area contributed by atoms with E-state index in [1.807, 2.05) is 12.3 Å². The third-order valence-corrected chi connectivity index (χ3v) is 3.04. The predicted molar refractivity (Wildman–Crippen MR) is 65.9 cm³/mol. The molecule has 1 aliphatic rings. The Kier molecular flexibility index (Phi) is 3.39. The van der Waals surface area contributed by atoms with Crippen molar-refractivity contribution in [3.8, 4) is 0 Å². The molecule has 0 unspecified atom stereocenters. The molecule has 0 aromatic carbocycles. The standard InChI is InChI=1S/C12H18N4/c13-12(14)10-5-6-15-9-11(10)16-7-3-1-2-4-8-16/h5-6,9H,1-4,7-8H2,(H3,13,14). The first kappa shape index (κ1) is 10.9. The fourth-order valence-electron chi connectivity index (χ4n) is 2.18. The first-order chi connectivity index (χ1) is 7.79. The van der Waals surface area contributed by atoms with Crippen LogP contribution in [0.25, 0.3) is 0 Å². The number of nitrogens with zero attached hydrogens (tertiary/aromatic N) is 2. The zero-order valence-electron chi connectivity index (χ0n) is 9.45. The molecule has 1 aromatic rings. The molecular formula is C12H18N4. The summed E-state index contributed by atoms with van der Waals surface area (Å²) in [6.45, 7) is 2.10. The molecule has 0 radical (unpaired) electrons. The summed E-state index contributed by atoms with van der Waals surface area (Å²) in [4.78, 5) is 6.44. The van der Waals surface area contributed by atoms with Crippen molar-refractivity contribution >= 4 is 11.5 Å². The van der Waals surface area contributed by atoms with Gasteiger partial charge in [-0.15, -0.1) is 0 Å². The highest BCUT2D eigenvalue weighted by Crippen LogP contribution is 2.22. The van der Waals surface area contributed by atoms with E-state index in [1.54, 1.807) is 6.20 Å². The van der Waals surface area contributed by atoms with Crippen LogP contribution >= 0.6 is 0 Å². The highest BCUT2D eigenvalue weighted by Gasteiger charge is 2.14. The van der Waals surface area contributed by atoms with Crippen molar-refractivity contribution in [2.75, 3.05) is 18.0 Å². The number of rotatable bonds is 2. The van der Waals surface area contributed by atoms with Gasteiger partial charge in [0.05, 0.1) is 11.9 Å². The number of aromatic nitrogens is 1. The molecule has 0 aliphatic carbocycles. The molecule has 1 aliphatic heterocycles. The number of nitrogen functional groups attached to an aromatic ring is 1. The Labute approximate surface area is 96.0 Å². The number of hydrogen-bond donors (Lipinski definition) is 2. The molecule has 86 valence electrons. The van der Waals surface area contributed by atoms with Gasteiger partial charge in [0.25, 0.3) is 0 Å². The van der Waals surface area contributed by atoms with Crippen LogP contribution in [-0.2, 0) is 0 Å². The third-order valence-electron chi connectivity index (χ3n) is 3.04. The summed E-state index contributed by atoms with van der Waals surface area (Å²) < 4.78 is 0. The molecule has 16 heavy (non-hydrogen) atoms. The maximum absolute atomic E-state index is 7.57. The second-order valence-electron chi connectivity index (χ2n) is 4.21. The monoisotopic (exact) mass is 218 g/mol. The Morgan fingerprint density at radius 3 is 2.56 bits per heavy atom. The lowest BCUT2D eigenvalue weighted by molar-refractivity contribution is 0.726. The topological polar surface area (TPSA) is 66.0 Å². The predicted octanol–water partition coefficient (Wildman–Crippen LogP) is 1.75.